The van der Waals surface area contributed by atoms with Crippen molar-refractivity contribution in [2.45, 2.75) is 58.7 Å². The predicted octanol–water partition coefficient (Wildman–Crippen LogP) is 3.33. The van der Waals surface area contributed by atoms with Crippen LogP contribution in [-0.2, 0) is 0 Å². The van der Waals surface area contributed by atoms with Crippen molar-refractivity contribution in [2.24, 2.45) is 11.8 Å². The third-order valence-electron chi connectivity index (χ3n) is 3.95. The Balaban J connectivity index is 2.92. The van der Waals surface area contributed by atoms with E-state index in [1.54, 1.807) is 19.2 Å². The predicted molar refractivity (Wildman–Crippen MR) is 77.7 cm³/mol. The molecule has 0 aliphatic heterocycles. The number of hydrogen-bond donors (Lipinski definition) is 2. The van der Waals surface area contributed by atoms with E-state index in [1.807, 2.05) is 12.1 Å². The molecule has 0 radical (unpaired) electrons. The van der Waals surface area contributed by atoms with Crippen molar-refractivity contribution >= 4 is 0 Å². The van der Waals surface area contributed by atoms with Gasteiger partial charge in [0.15, 0.2) is 0 Å². The standard InChI is InChI=1S/C16H27NO2/c1-5-6-9-13(12(2)3)16(4,19)15(18)14-10-7-8-11-17-14/h7-8,10-13,15,18-19H,5-6,9H2,1-4H3. The number of nitrogens with zero attached hydrogens (tertiary/aromatic N) is 1. The number of rotatable bonds is 7. The van der Waals surface area contributed by atoms with E-state index in [9.17, 15) is 10.2 Å². The van der Waals surface area contributed by atoms with Crippen LogP contribution in [0.3, 0.4) is 0 Å². The van der Waals surface area contributed by atoms with Crippen molar-refractivity contribution < 1.29 is 10.2 Å². The molecule has 0 spiro atoms. The van der Waals surface area contributed by atoms with Crippen LogP contribution in [0.5, 0.6) is 0 Å². The zero-order chi connectivity index (χ0) is 14.5. The van der Waals surface area contributed by atoms with Crippen LogP contribution in [0.1, 0.15) is 58.8 Å². The van der Waals surface area contributed by atoms with E-state index in [-0.39, 0.29) is 5.92 Å². The van der Waals surface area contributed by atoms with Crippen LogP contribution < -0.4 is 0 Å². The van der Waals surface area contributed by atoms with E-state index in [0.29, 0.717) is 11.6 Å². The van der Waals surface area contributed by atoms with Crippen LogP contribution in [0.4, 0.5) is 0 Å². The van der Waals surface area contributed by atoms with Gasteiger partial charge in [0, 0.05) is 6.20 Å². The van der Waals surface area contributed by atoms with Crippen molar-refractivity contribution in [3.05, 3.63) is 30.1 Å². The maximum absolute atomic E-state index is 10.8. The molecule has 0 saturated heterocycles. The van der Waals surface area contributed by atoms with E-state index in [1.165, 1.54) is 0 Å². The zero-order valence-corrected chi connectivity index (χ0v) is 12.5. The Morgan fingerprint density at radius 1 is 1.32 bits per heavy atom. The summed E-state index contributed by atoms with van der Waals surface area (Å²) >= 11 is 0. The van der Waals surface area contributed by atoms with Gasteiger partial charge in [-0.25, -0.2) is 0 Å². The third kappa shape index (κ3) is 4.02. The Bertz CT molecular complexity index is 362. The average molecular weight is 265 g/mol. The summed E-state index contributed by atoms with van der Waals surface area (Å²) in [7, 11) is 0. The normalized spacial score (nSPS) is 18.1. The molecule has 3 unspecified atom stereocenters. The highest BCUT2D eigenvalue weighted by atomic mass is 16.3. The lowest BCUT2D eigenvalue weighted by Crippen LogP contribution is -2.43. The molecule has 1 aromatic rings. The first-order valence-corrected chi connectivity index (χ1v) is 7.22. The second-order valence-electron chi connectivity index (χ2n) is 5.88. The lowest BCUT2D eigenvalue weighted by atomic mass is 9.74. The molecule has 0 fully saturated rings. The van der Waals surface area contributed by atoms with E-state index < -0.39 is 11.7 Å². The molecule has 3 atom stereocenters. The van der Waals surface area contributed by atoms with Crippen LogP contribution in [-0.4, -0.2) is 20.8 Å². The van der Waals surface area contributed by atoms with Crippen LogP contribution in [0.25, 0.3) is 0 Å². The molecule has 19 heavy (non-hydrogen) atoms. The number of aliphatic hydroxyl groups is 2. The Kier molecular flexibility index (Phi) is 5.95. The van der Waals surface area contributed by atoms with E-state index in [4.69, 9.17) is 0 Å². The number of unbranched alkanes of at least 4 members (excludes halogenated alkanes) is 1. The molecule has 0 saturated carbocycles. The molecule has 1 aromatic heterocycles. The molecular formula is C16H27NO2. The molecule has 108 valence electrons. The monoisotopic (exact) mass is 265 g/mol. The molecular weight excluding hydrogens is 238 g/mol. The molecule has 0 aliphatic rings. The quantitative estimate of drug-likeness (QED) is 0.795. The zero-order valence-electron chi connectivity index (χ0n) is 12.5. The van der Waals surface area contributed by atoms with Crippen LogP contribution in [0, 0.1) is 11.8 Å². The van der Waals surface area contributed by atoms with Gasteiger partial charge in [0.2, 0.25) is 0 Å². The second kappa shape index (κ2) is 7.01. The van der Waals surface area contributed by atoms with E-state index in [2.05, 4.69) is 25.8 Å². The first-order chi connectivity index (χ1) is 8.91. The minimum absolute atomic E-state index is 0.0597. The van der Waals surface area contributed by atoms with Gasteiger partial charge in [0.25, 0.3) is 0 Å². The fraction of sp³-hybridized carbons (Fsp3) is 0.688. The number of pyridine rings is 1. The topological polar surface area (TPSA) is 53.4 Å². The molecule has 3 heteroatoms. The largest absolute Gasteiger partial charge is 0.387 e. The van der Waals surface area contributed by atoms with Crippen LogP contribution in [0.2, 0.25) is 0 Å². The first kappa shape index (κ1) is 16.1. The smallest absolute Gasteiger partial charge is 0.124 e. The van der Waals surface area contributed by atoms with Gasteiger partial charge in [0.05, 0.1) is 11.3 Å². The van der Waals surface area contributed by atoms with Gasteiger partial charge in [-0.1, -0.05) is 39.7 Å². The van der Waals surface area contributed by atoms with Gasteiger partial charge in [-0.05, 0) is 37.3 Å². The Morgan fingerprint density at radius 2 is 2.00 bits per heavy atom. The fourth-order valence-electron chi connectivity index (χ4n) is 2.76. The highest BCUT2D eigenvalue weighted by Gasteiger charge is 2.41. The van der Waals surface area contributed by atoms with Gasteiger partial charge in [-0.3, -0.25) is 4.98 Å². The minimum Gasteiger partial charge on any atom is -0.387 e. The van der Waals surface area contributed by atoms with E-state index >= 15 is 0 Å². The molecule has 0 aromatic carbocycles. The lowest BCUT2D eigenvalue weighted by molar-refractivity contribution is -0.119. The van der Waals surface area contributed by atoms with Gasteiger partial charge in [0.1, 0.15) is 6.10 Å². The lowest BCUT2D eigenvalue weighted by Gasteiger charge is -2.39. The summed E-state index contributed by atoms with van der Waals surface area (Å²) < 4.78 is 0. The average Bonchev–Trinajstić information content (AvgIpc) is 2.38. The maximum Gasteiger partial charge on any atom is 0.124 e. The van der Waals surface area contributed by atoms with Crippen LogP contribution >= 0.6 is 0 Å². The molecule has 2 N–H and O–H groups in total. The molecule has 3 nitrogen and oxygen atoms in total. The Morgan fingerprint density at radius 3 is 2.47 bits per heavy atom. The SMILES string of the molecule is CCCCC(C(C)C)C(C)(O)C(O)c1ccccn1. The molecule has 0 aliphatic carbocycles. The summed E-state index contributed by atoms with van der Waals surface area (Å²) in [5.74, 6) is 0.379. The van der Waals surface area contributed by atoms with Crippen molar-refractivity contribution in [2.75, 3.05) is 0 Å². The van der Waals surface area contributed by atoms with Crippen molar-refractivity contribution in [3.63, 3.8) is 0 Å². The summed E-state index contributed by atoms with van der Waals surface area (Å²) in [6.45, 7) is 8.06. The maximum atomic E-state index is 10.8. The van der Waals surface area contributed by atoms with Gasteiger partial charge < -0.3 is 10.2 Å². The number of aliphatic hydroxyl groups excluding tert-OH is 1. The summed E-state index contributed by atoms with van der Waals surface area (Å²) in [4.78, 5) is 4.16. The molecule has 0 bridgehead atoms. The van der Waals surface area contributed by atoms with Gasteiger partial charge >= 0.3 is 0 Å². The fourth-order valence-corrected chi connectivity index (χ4v) is 2.76. The van der Waals surface area contributed by atoms with Gasteiger partial charge in [-0.15, -0.1) is 0 Å². The minimum atomic E-state index is -1.16. The number of hydrogen-bond acceptors (Lipinski definition) is 3. The van der Waals surface area contributed by atoms with Crippen molar-refractivity contribution in [1.82, 2.24) is 4.98 Å². The summed E-state index contributed by atoms with van der Waals surface area (Å²) in [6, 6.07) is 5.40. The molecule has 1 heterocycles. The molecule has 0 amide bonds. The first-order valence-electron chi connectivity index (χ1n) is 7.22. The summed E-state index contributed by atoms with van der Waals surface area (Å²) in [5, 5.41) is 21.3. The Labute approximate surface area is 116 Å². The van der Waals surface area contributed by atoms with Crippen molar-refractivity contribution in [3.8, 4) is 0 Å². The second-order valence-corrected chi connectivity index (χ2v) is 5.88. The van der Waals surface area contributed by atoms with Crippen LogP contribution in [0.15, 0.2) is 24.4 Å². The number of aromatic nitrogens is 1. The Hall–Kier alpha value is -0.930. The third-order valence-corrected chi connectivity index (χ3v) is 3.95. The highest BCUT2D eigenvalue weighted by Crippen LogP contribution is 2.38. The van der Waals surface area contributed by atoms with E-state index in [0.717, 1.165) is 19.3 Å². The summed E-state index contributed by atoms with van der Waals surface area (Å²) in [5.41, 5.74) is -0.618. The summed E-state index contributed by atoms with van der Waals surface area (Å²) in [6.07, 6.45) is 3.78. The molecule has 1 rings (SSSR count). The highest BCUT2D eigenvalue weighted by molar-refractivity contribution is 5.11. The van der Waals surface area contributed by atoms with Gasteiger partial charge in [-0.2, -0.15) is 0 Å². The van der Waals surface area contributed by atoms with Crippen molar-refractivity contribution in [1.29, 1.82) is 0 Å².